The quantitative estimate of drug-likeness (QED) is 0.663. The normalized spacial score (nSPS) is 12.3. The Bertz CT molecular complexity index is 531. The van der Waals surface area contributed by atoms with Crippen LogP contribution in [0.3, 0.4) is 0 Å². The van der Waals surface area contributed by atoms with Gasteiger partial charge in [0.2, 0.25) is 0 Å². The second-order valence-corrected chi connectivity index (χ2v) is 5.99. The van der Waals surface area contributed by atoms with Gasteiger partial charge < -0.3 is 24.8 Å². The van der Waals surface area contributed by atoms with E-state index in [2.05, 4.69) is 5.32 Å². The molecule has 0 aliphatic rings. The lowest BCUT2D eigenvalue weighted by Crippen LogP contribution is -2.39. The minimum atomic E-state index is -0.830. The molecule has 2 amide bonds. The third-order valence-electron chi connectivity index (χ3n) is 2.99. The van der Waals surface area contributed by atoms with E-state index >= 15 is 0 Å². The Labute approximate surface area is 146 Å². The molecule has 0 bridgehead atoms. The third kappa shape index (κ3) is 7.92. The zero-order valence-electron chi connectivity index (χ0n) is 14.1. The number of ether oxygens (including phenoxy) is 2. The summed E-state index contributed by atoms with van der Waals surface area (Å²) in [6.07, 6.45) is -0.699. The Morgan fingerprint density at radius 1 is 1.42 bits per heavy atom. The number of nitrogens with zero attached hydrogens (tertiary/aromatic N) is 1. The van der Waals surface area contributed by atoms with Gasteiger partial charge >= 0.3 is 6.03 Å². The topological polar surface area (TPSA) is 71.0 Å². The van der Waals surface area contributed by atoms with E-state index in [9.17, 15) is 14.3 Å². The van der Waals surface area contributed by atoms with E-state index in [-0.39, 0.29) is 24.3 Å². The predicted molar refractivity (Wildman–Crippen MR) is 91.0 cm³/mol. The van der Waals surface area contributed by atoms with Crippen molar-refractivity contribution in [2.75, 3.05) is 38.7 Å². The second-order valence-electron chi connectivity index (χ2n) is 5.58. The molecular weight excluding hydrogens is 339 g/mol. The number of benzene rings is 1. The van der Waals surface area contributed by atoms with Crippen molar-refractivity contribution >= 4 is 23.3 Å². The number of halogens is 2. The fourth-order valence-electron chi connectivity index (χ4n) is 1.82. The molecule has 136 valence electrons. The summed E-state index contributed by atoms with van der Waals surface area (Å²) in [5.41, 5.74) is 0.298. The van der Waals surface area contributed by atoms with Crippen molar-refractivity contribution in [3.63, 3.8) is 0 Å². The number of anilines is 1. The molecule has 0 aliphatic heterocycles. The molecule has 0 saturated heterocycles. The van der Waals surface area contributed by atoms with E-state index in [1.165, 1.54) is 24.1 Å². The summed E-state index contributed by atoms with van der Waals surface area (Å²) in [5.74, 6) is -0.486. The van der Waals surface area contributed by atoms with E-state index in [0.717, 1.165) is 6.07 Å². The van der Waals surface area contributed by atoms with Gasteiger partial charge in [0, 0.05) is 7.05 Å². The van der Waals surface area contributed by atoms with E-state index < -0.39 is 18.0 Å². The standard InChI is InChI=1S/C16H24ClFN2O4/c1-11(2)24-7-6-23-10-13(21)9-20(3)16(22)19-15-5-4-12(18)8-14(15)17/h4-5,8,11,13,21H,6-7,9-10H2,1-3H3,(H,19,22)/t13-/m0/s1. The minimum Gasteiger partial charge on any atom is -0.389 e. The number of aliphatic hydroxyl groups is 1. The van der Waals surface area contributed by atoms with Crippen LogP contribution in [0.1, 0.15) is 13.8 Å². The van der Waals surface area contributed by atoms with Crippen molar-refractivity contribution in [1.82, 2.24) is 4.90 Å². The number of carbonyl (C=O) groups is 1. The van der Waals surface area contributed by atoms with Crippen molar-refractivity contribution in [2.24, 2.45) is 0 Å². The smallest absolute Gasteiger partial charge is 0.321 e. The molecule has 0 saturated carbocycles. The number of urea groups is 1. The molecule has 2 N–H and O–H groups in total. The first kappa shape index (κ1) is 20.6. The number of amides is 2. The van der Waals surface area contributed by atoms with Crippen molar-refractivity contribution in [1.29, 1.82) is 0 Å². The molecular formula is C16H24ClFN2O4. The van der Waals surface area contributed by atoms with Gasteiger partial charge in [0.25, 0.3) is 0 Å². The summed E-state index contributed by atoms with van der Waals surface area (Å²) in [5, 5.41) is 12.5. The highest BCUT2D eigenvalue weighted by molar-refractivity contribution is 6.33. The highest BCUT2D eigenvalue weighted by atomic mass is 35.5. The summed E-state index contributed by atoms with van der Waals surface area (Å²) >= 11 is 5.85. The monoisotopic (exact) mass is 362 g/mol. The van der Waals surface area contributed by atoms with Crippen molar-refractivity contribution in [3.05, 3.63) is 29.0 Å². The third-order valence-corrected chi connectivity index (χ3v) is 3.31. The summed E-state index contributed by atoms with van der Waals surface area (Å²) in [6, 6.07) is 3.21. The molecule has 0 aliphatic carbocycles. The van der Waals surface area contributed by atoms with Crippen molar-refractivity contribution < 1.29 is 23.8 Å². The first-order valence-corrected chi connectivity index (χ1v) is 8.02. The Hall–Kier alpha value is -1.41. The summed E-state index contributed by atoms with van der Waals surface area (Å²) in [7, 11) is 1.53. The number of likely N-dealkylation sites (N-methyl/N-ethyl adjacent to an activating group) is 1. The second kappa shape index (κ2) is 10.5. The van der Waals surface area contributed by atoms with Crippen molar-refractivity contribution in [2.45, 2.75) is 26.1 Å². The number of rotatable bonds is 9. The van der Waals surface area contributed by atoms with Crippen LogP contribution in [-0.4, -0.2) is 61.7 Å². The molecule has 1 atom stereocenters. The van der Waals surface area contributed by atoms with Crippen LogP contribution in [0.2, 0.25) is 5.02 Å². The Balaban J connectivity index is 2.32. The number of hydrogen-bond donors (Lipinski definition) is 2. The van der Waals surface area contributed by atoms with E-state index in [1.54, 1.807) is 0 Å². The molecule has 1 rings (SSSR count). The van der Waals surface area contributed by atoms with Gasteiger partial charge in [-0.15, -0.1) is 0 Å². The van der Waals surface area contributed by atoms with Crippen LogP contribution >= 0.6 is 11.6 Å². The van der Waals surface area contributed by atoms with E-state index in [4.69, 9.17) is 21.1 Å². The lowest BCUT2D eigenvalue weighted by Gasteiger charge is -2.21. The van der Waals surface area contributed by atoms with Gasteiger partial charge in [-0.2, -0.15) is 0 Å². The summed E-state index contributed by atoms with van der Waals surface area (Å²) < 4.78 is 23.6. The summed E-state index contributed by atoms with van der Waals surface area (Å²) in [4.78, 5) is 13.3. The molecule has 6 nitrogen and oxygen atoms in total. The highest BCUT2D eigenvalue weighted by Gasteiger charge is 2.15. The van der Waals surface area contributed by atoms with Crippen LogP contribution < -0.4 is 5.32 Å². The first-order chi connectivity index (χ1) is 11.3. The maximum absolute atomic E-state index is 13.0. The Kier molecular flexibility index (Phi) is 8.99. The van der Waals surface area contributed by atoms with Gasteiger partial charge in [-0.25, -0.2) is 9.18 Å². The van der Waals surface area contributed by atoms with Crippen LogP contribution in [0.5, 0.6) is 0 Å². The van der Waals surface area contributed by atoms with Gasteiger partial charge in [0.05, 0.1) is 49.3 Å². The summed E-state index contributed by atoms with van der Waals surface area (Å²) in [6.45, 7) is 4.85. The molecule has 0 unspecified atom stereocenters. The van der Waals surface area contributed by atoms with Crippen LogP contribution in [0.4, 0.5) is 14.9 Å². The molecule has 1 aromatic rings. The zero-order valence-corrected chi connectivity index (χ0v) is 14.8. The zero-order chi connectivity index (χ0) is 18.1. The number of carbonyl (C=O) groups excluding carboxylic acids is 1. The molecule has 0 fully saturated rings. The molecule has 0 spiro atoms. The largest absolute Gasteiger partial charge is 0.389 e. The van der Waals surface area contributed by atoms with Gasteiger partial charge in [-0.05, 0) is 32.0 Å². The van der Waals surface area contributed by atoms with Gasteiger partial charge in [0.15, 0.2) is 0 Å². The lowest BCUT2D eigenvalue weighted by molar-refractivity contribution is -0.0144. The lowest BCUT2D eigenvalue weighted by atomic mass is 10.3. The van der Waals surface area contributed by atoms with E-state index in [0.29, 0.717) is 18.9 Å². The average molecular weight is 363 g/mol. The van der Waals surface area contributed by atoms with Gasteiger partial charge in [-0.3, -0.25) is 0 Å². The number of aliphatic hydroxyl groups excluding tert-OH is 1. The van der Waals surface area contributed by atoms with Crippen LogP contribution in [0.15, 0.2) is 18.2 Å². The maximum Gasteiger partial charge on any atom is 0.321 e. The van der Waals surface area contributed by atoms with Crippen molar-refractivity contribution in [3.8, 4) is 0 Å². The SMILES string of the molecule is CC(C)OCCOC[C@@H](O)CN(C)C(=O)Nc1ccc(F)cc1Cl. The number of hydrogen-bond acceptors (Lipinski definition) is 4. The molecule has 8 heteroatoms. The van der Waals surface area contributed by atoms with Crippen LogP contribution in [-0.2, 0) is 9.47 Å². The minimum absolute atomic E-state index is 0.0791. The Morgan fingerprint density at radius 2 is 2.12 bits per heavy atom. The Morgan fingerprint density at radius 3 is 2.75 bits per heavy atom. The highest BCUT2D eigenvalue weighted by Crippen LogP contribution is 2.22. The fourth-order valence-corrected chi connectivity index (χ4v) is 2.03. The molecule has 24 heavy (non-hydrogen) atoms. The average Bonchev–Trinajstić information content (AvgIpc) is 2.49. The first-order valence-electron chi connectivity index (χ1n) is 7.64. The van der Waals surface area contributed by atoms with Gasteiger partial charge in [0.1, 0.15) is 5.82 Å². The van der Waals surface area contributed by atoms with Crippen LogP contribution in [0, 0.1) is 5.82 Å². The fraction of sp³-hybridized carbons (Fsp3) is 0.562. The maximum atomic E-state index is 13.0. The number of nitrogens with one attached hydrogen (secondary N) is 1. The van der Waals surface area contributed by atoms with Crippen LogP contribution in [0.25, 0.3) is 0 Å². The molecule has 0 heterocycles. The molecule has 0 radical (unpaired) electrons. The molecule has 0 aromatic heterocycles. The predicted octanol–water partition coefficient (Wildman–Crippen LogP) is 2.75. The molecule has 1 aromatic carbocycles. The van der Waals surface area contributed by atoms with E-state index in [1.807, 2.05) is 13.8 Å². The van der Waals surface area contributed by atoms with Gasteiger partial charge in [-0.1, -0.05) is 11.6 Å².